The maximum Gasteiger partial charge on any atom is 0.323 e. The highest BCUT2D eigenvalue weighted by Crippen LogP contribution is 2.23. The Morgan fingerprint density at radius 1 is 1.30 bits per heavy atom. The summed E-state index contributed by atoms with van der Waals surface area (Å²) >= 11 is 0. The molecule has 0 spiro atoms. The Balaban J connectivity index is 1.92. The molecule has 1 aromatic carbocycles. The van der Waals surface area contributed by atoms with Crippen molar-refractivity contribution in [2.45, 2.75) is 19.9 Å². The molecule has 0 aromatic heterocycles. The number of nitrogens with zero attached hydrogens (tertiary/aromatic N) is 2. The molecule has 0 aliphatic carbocycles. The predicted octanol–water partition coefficient (Wildman–Crippen LogP) is 1.34. The highest BCUT2D eigenvalue weighted by molar-refractivity contribution is 5.75. The van der Waals surface area contributed by atoms with Gasteiger partial charge in [0.1, 0.15) is 6.04 Å². The molecular formula is C15H23N3O2. The van der Waals surface area contributed by atoms with Crippen molar-refractivity contribution in [3.63, 3.8) is 0 Å². The Morgan fingerprint density at radius 2 is 1.95 bits per heavy atom. The third-order valence-corrected chi connectivity index (χ3v) is 3.77. The predicted molar refractivity (Wildman–Crippen MR) is 80.7 cm³/mol. The van der Waals surface area contributed by atoms with Gasteiger partial charge in [-0.15, -0.1) is 0 Å². The lowest BCUT2D eigenvalue weighted by Gasteiger charge is -2.38. The number of hydrogen-bond acceptors (Lipinski definition) is 5. The lowest BCUT2D eigenvalue weighted by molar-refractivity contribution is -0.149. The van der Waals surface area contributed by atoms with Crippen molar-refractivity contribution >= 4 is 17.3 Å². The summed E-state index contributed by atoms with van der Waals surface area (Å²) in [6.07, 6.45) is 0. The minimum absolute atomic E-state index is 0.139. The molecule has 5 heteroatoms. The number of carbonyl (C=O) groups excluding carboxylic acids is 1. The first-order chi connectivity index (χ1) is 9.63. The van der Waals surface area contributed by atoms with Crippen molar-refractivity contribution < 1.29 is 9.53 Å². The van der Waals surface area contributed by atoms with Crippen molar-refractivity contribution in [2.24, 2.45) is 0 Å². The van der Waals surface area contributed by atoms with Gasteiger partial charge in [-0.05, 0) is 26.0 Å². The van der Waals surface area contributed by atoms with Crippen LogP contribution in [0.4, 0.5) is 11.4 Å². The Kier molecular flexibility index (Phi) is 4.84. The molecule has 1 atom stereocenters. The Hall–Kier alpha value is -1.75. The molecule has 5 nitrogen and oxygen atoms in total. The van der Waals surface area contributed by atoms with E-state index in [9.17, 15) is 4.79 Å². The second kappa shape index (κ2) is 6.61. The van der Waals surface area contributed by atoms with E-state index in [-0.39, 0.29) is 12.0 Å². The van der Waals surface area contributed by atoms with E-state index < -0.39 is 0 Å². The number of para-hydroxylation sites is 2. The second-order valence-corrected chi connectivity index (χ2v) is 5.01. The third-order valence-electron chi connectivity index (χ3n) is 3.77. The van der Waals surface area contributed by atoms with Crippen LogP contribution in [-0.4, -0.2) is 49.7 Å². The van der Waals surface area contributed by atoms with Crippen molar-refractivity contribution in [3.05, 3.63) is 24.3 Å². The van der Waals surface area contributed by atoms with Gasteiger partial charge in [-0.25, -0.2) is 0 Å². The Labute approximate surface area is 120 Å². The zero-order valence-electron chi connectivity index (χ0n) is 12.2. The first kappa shape index (κ1) is 14.7. The highest BCUT2D eigenvalue weighted by atomic mass is 16.5. The molecule has 2 N–H and O–H groups in total. The molecule has 1 aliphatic heterocycles. The lowest BCUT2D eigenvalue weighted by Crippen LogP contribution is -2.52. The van der Waals surface area contributed by atoms with Crippen LogP contribution in [0.3, 0.4) is 0 Å². The maximum atomic E-state index is 11.8. The van der Waals surface area contributed by atoms with E-state index in [1.165, 1.54) is 0 Å². The van der Waals surface area contributed by atoms with Crippen molar-refractivity contribution in [1.82, 2.24) is 4.90 Å². The van der Waals surface area contributed by atoms with E-state index >= 15 is 0 Å². The molecule has 0 radical (unpaired) electrons. The van der Waals surface area contributed by atoms with Gasteiger partial charge >= 0.3 is 5.97 Å². The largest absolute Gasteiger partial charge is 0.465 e. The number of carbonyl (C=O) groups is 1. The third kappa shape index (κ3) is 3.22. The van der Waals surface area contributed by atoms with Crippen LogP contribution in [0.25, 0.3) is 0 Å². The normalized spacial score (nSPS) is 17.8. The van der Waals surface area contributed by atoms with E-state index in [0.717, 1.165) is 37.6 Å². The van der Waals surface area contributed by atoms with Crippen LogP contribution in [0.1, 0.15) is 13.8 Å². The molecule has 1 aromatic rings. The van der Waals surface area contributed by atoms with Crippen LogP contribution < -0.4 is 10.6 Å². The molecule has 0 bridgehead atoms. The number of benzene rings is 1. The molecule has 1 saturated heterocycles. The van der Waals surface area contributed by atoms with Gasteiger partial charge < -0.3 is 15.4 Å². The minimum atomic E-state index is -0.176. The summed E-state index contributed by atoms with van der Waals surface area (Å²) in [6.45, 7) is 7.60. The minimum Gasteiger partial charge on any atom is -0.465 e. The number of anilines is 2. The summed E-state index contributed by atoms with van der Waals surface area (Å²) in [7, 11) is 0. The molecule has 1 unspecified atom stereocenters. The fourth-order valence-electron chi connectivity index (χ4n) is 2.54. The molecule has 0 amide bonds. The number of rotatable bonds is 4. The van der Waals surface area contributed by atoms with E-state index in [0.29, 0.717) is 6.61 Å². The van der Waals surface area contributed by atoms with E-state index in [1.807, 2.05) is 38.1 Å². The number of piperazine rings is 1. The van der Waals surface area contributed by atoms with Gasteiger partial charge in [0.25, 0.3) is 0 Å². The number of nitrogens with two attached hydrogens (primary N) is 1. The summed E-state index contributed by atoms with van der Waals surface area (Å²) in [6, 6.07) is 7.73. The van der Waals surface area contributed by atoms with Crippen LogP contribution in [0.15, 0.2) is 24.3 Å². The molecule has 20 heavy (non-hydrogen) atoms. The molecule has 0 saturated carbocycles. The topological polar surface area (TPSA) is 58.8 Å². The van der Waals surface area contributed by atoms with Gasteiger partial charge in [0.2, 0.25) is 0 Å². The van der Waals surface area contributed by atoms with Crippen LogP contribution in [0.2, 0.25) is 0 Å². The quantitative estimate of drug-likeness (QED) is 0.665. The molecule has 110 valence electrons. The number of hydrogen-bond donors (Lipinski definition) is 1. The fourth-order valence-corrected chi connectivity index (χ4v) is 2.54. The first-order valence-electron chi connectivity index (χ1n) is 7.13. The number of esters is 1. The number of ether oxygens (including phenoxy) is 1. The van der Waals surface area contributed by atoms with Crippen molar-refractivity contribution in [1.29, 1.82) is 0 Å². The van der Waals surface area contributed by atoms with Gasteiger partial charge in [-0.1, -0.05) is 12.1 Å². The van der Waals surface area contributed by atoms with Crippen LogP contribution in [0.5, 0.6) is 0 Å². The SMILES string of the molecule is CCOC(=O)C(C)N1CCN(c2ccccc2N)CC1. The standard InChI is InChI=1S/C15H23N3O2/c1-3-20-15(19)12(2)17-8-10-18(11-9-17)14-7-5-4-6-13(14)16/h4-7,12H,3,8-11,16H2,1-2H3. The first-order valence-corrected chi connectivity index (χ1v) is 7.13. The highest BCUT2D eigenvalue weighted by Gasteiger charge is 2.26. The van der Waals surface area contributed by atoms with Gasteiger partial charge in [-0.2, -0.15) is 0 Å². The van der Waals surface area contributed by atoms with Gasteiger partial charge in [-0.3, -0.25) is 9.69 Å². The van der Waals surface area contributed by atoms with Gasteiger partial charge in [0, 0.05) is 26.2 Å². The van der Waals surface area contributed by atoms with E-state index in [1.54, 1.807) is 0 Å². The van der Waals surface area contributed by atoms with E-state index in [4.69, 9.17) is 10.5 Å². The smallest absolute Gasteiger partial charge is 0.323 e. The Bertz CT molecular complexity index is 456. The summed E-state index contributed by atoms with van der Waals surface area (Å²) in [5.74, 6) is -0.139. The summed E-state index contributed by atoms with van der Waals surface area (Å²) < 4.78 is 5.07. The van der Waals surface area contributed by atoms with Crippen molar-refractivity contribution in [3.8, 4) is 0 Å². The number of nitrogen functional groups attached to an aromatic ring is 1. The lowest BCUT2D eigenvalue weighted by atomic mass is 10.2. The summed E-state index contributed by atoms with van der Waals surface area (Å²) in [4.78, 5) is 16.2. The zero-order chi connectivity index (χ0) is 14.5. The van der Waals surface area contributed by atoms with Crippen molar-refractivity contribution in [2.75, 3.05) is 43.4 Å². The molecule has 2 rings (SSSR count). The van der Waals surface area contributed by atoms with E-state index in [2.05, 4.69) is 9.80 Å². The average Bonchev–Trinajstić information content (AvgIpc) is 2.47. The molecular weight excluding hydrogens is 254 g/mol. The molecule has 1 heterocycles. The van der Waals surface area contributed by atoms with Gasteiger partial charge in [0.05, 0.1) is 18.0 Å². The average molecular weight is 277 g/mol. The zero-order valence-corrected chi connectivity index (χ0v) is 12.2. The summed E-state index contributed by atoms with van der Waals surface area (Å²) in [5.41, 5.74) is 7.89. The van der Waals surface area contributed by atoms with Crippen LogP contribution >= 0.6 is 0 Å². The Morgan fingerprint density at radius 3 is 2.55 bits per heavy atom. The van der Waals surface area contributed by atoms with Crippen LogP contribution in [-0.2, 0) is 9.53 Å². The van der Waals surface area contributed by atoms with Gasteiger partial charge in [0.15, 0.2) is 0 Å². The monoisotopic (exact) mass is 277 g/mol. The van der Waals surface area contributed by atoms with Crippen LogP contribution in [0, 0.1) is 0 Å². The summed E-state index contributed by atoms with van der Waals surface area (Å²) in [5, 5.41) is 0. The fraction of sp³-hybridized carbons (Fsp3) is 0.533. The molecule has 1 aliphatic rings. The molecule has 1 fully saturated rings. The maximum absolute atomic E-state index is 11.8. The second-order valence-electron chi connectivity index (χ2n) is 5.01.